The van der Waals surface area contributed by atoms with Gasteiger partial charge >= 0.3 is 0 Å². The molecule has 0 radical (unpaired) electrons. The Hall–Kier alpha value is -0.830. The van der Waals surface area contributed by atoms with Crippen LogP contribution in [0.4, 0.5) is 0 Å². The van der Waals surface area contributed by atoms with Crippen molar-refractivity contribution >= 4 is 0 Å². The third-order valence-electron chi connectivity index (χ3n) is 3.33. The minimum absolute atomic E-state index is 0.475. The zero-order valence-electron chi connectivity index (χ0n) is 10.2. The molecule has 3 heteroatoms. The van der Waals surface area contributed by atoms with Crippen LogP contribution in [0.15, 0.2) is 0 Å². The van der Waals surface area contributed by atoms with E-state index < -0.39 is 0 Å². The average molecular weight is 207 g/mol. The van der Waals surface area contributed by atoms with Gasteiger partial charge in [-0.1, -0.05) is 0 Å². The van der Waals surface area contributed by atoms with Gasteiger partial charge in [-0.25, -0.2) is 0 Å². The van der Waals surface area contributed by atoms with Gasteiger partial charge in [0.15, 0.2) is 0 Å². The molecule has 0 aliphatic heterocycles. The Bertz CT molecular complexity index is 352. The molecular weight excluding hydrogens is 186 g/mol. The van der Waals surface area contributed by atoms with E-state index in [4.69, 9.17) is 0 Å². The fraction of sp³-hybridized carbons (Fsp3) is 0.750. The Balaban J connectivity index is 2.48. The Morgan fingerprint density at radius 3 is 2.80 bits per heavy atom. The van der Waals surface area contributed by atoms with Crippen molar-refractivity contribution in [2.24, 2.45) is 0 Å². The highest BCUT2D eigenvalue weighted by molar-refractivity contribution is 5.31. The summed E-state index contributed by atoms with van der Waals surface area (Å²) in [5, 5.41) is 8.07. The van der Waals surface area contributed by atoms with Crippen molar-refractivity contribution in [3.05, 3.63) is 17.0 Å². The Labute approximate surface area is 91.9 Å². The summed E-state index contributed by atoms with van der Waals surface area (Å²) >= 11 is 0. The van der Waals surface area contributed by atoms with Crippen LogP contribution in [0.25, 0.3) is 0 Å². The first-order valence-corrected chi connectivity index (χ1v) is 5.90. The van der Waals surface area contributed by atoms with Gasteiger partial charge in [-0.3, -0.25) is 4.68 Å². The molecule has 0 spiro atoms. The summed E-state index contributed by atoms with van der Waals surface area (Å²) in [6.45, 7) is 6.54. The van der Waals surface area contributed by atoms with E-state index >= 15 is 0 Å². The molecule has 84 valence electrons. The van der Waals surface area contributed by atoms with Gasteiger partial charge in [0.2, 0.25) is 0 Å². The number of aromatic nitrogens is 2. The SMILES string of the molecule is CNC1CCCc2c1c(C)nn2C(C)C. The molecule has 0 bridgehead atoms. The van der Waals surface area contributed by atoms with E-state index in [1.54, 1.807) is 0 Å². The number of fused-ring (bicyclic) bond motifs is 1. The van der Waals surface area contributed by atoms with Crippen molar-refractivity contribution in [3.63, 3.8) is 0 Å². The van der Waals surface area contributed by atoms with Crippen LogP contribution < -0.4 is 5.32 Å². The number of rotatable bonds is 2. The molecular formula is C12H21N3. The molecule has 0 fully saturated rings. The van der Waals surface area contributed by atoms with Crippen molar-refractivity contribution in [1.29, 1.82) is 0 Å². The van der Waals surface area contributed by atoms with Crippen LogP contribution in [0, 0.1) is 6.92 Å². The lowest BCUT2D eigenvalue weighted by atomic mass is 9.91. The molecule has 1 aliphatic rings. The van der Waals surface area contributed by atoms with Gasteiger partial charge in [-0.05, 0) is 47.1 Å². The van der Waals surface area contributed by atoms with E-state index in [9.17, 15) is 0 Å². The Morgan fingerprint density at radius 1 is 1.47 bits per heavy atom. The van der Waals surface area contributed by atoms with Crippen molar-refractivity contribution in [1.82, 2.24) is 15.1 Å². The lowest BCUT2D eigenvalue weighted by Crippen LogP contribution is -2.22. The number of hydrogen-bond donors (Lipinski definition) is 1. The molecule has 1 aromatic heterocycles. The van der Waals surface area contributed by atoms with Crippen LogP contribution in [-0.4, -0.2) is 16.8 Å². The fourth-order valence-electron chi connectivity index (χ4n) is 2.64. The summed E-state index contributed by atoms with van der Waals surface area (Å²) in [4.78, 5) is 0. The standard InChI is InChI=1S/C12H21N3/c1-8(2)15-11-7-5-6-10(13-4)12(11)9(3)14-15/h8,10,13H,5-7H2,1-4H3. The zero-order valence-corrected chi connectivity index (χ0v) is 10.2. The monoisotopic (exact) mass is 207 g/mol. The largest absolute Gasteiger partial charge is 0.313 e. The summed E-state index contributed by atoms with van der Waals surface area (Å²) in [7, 11) is 2.05. The number of nitrogens with zero attached hydrogens (tertiary/aromatic N) is 2. The fourth-order valence-corrected chi connectivity index (χ4v) is 2.64. The van der Waals surface area contributed by atoms with Crippen molar-refractivity contribution in [3.8, 4) is 0 Å². The van der Waals surface area contributed by atoms with Crippen LogP contribution in [-0.2, 0) is 6.42 Å². The highest BCUT2D eigenvalue weighted by atomic mass is 15.3. The molecule has 1 atom stereocenters. The van der Waals surface area contributed by atoms with Gasteiger partial charge in [-0.2, -0.15) is 5.10 Å². The van der Waals surface area contributed by atoms with Crippen LogP contribution in [0.2, 0.25) is 0 Å². The second kappa shape index (κ2) is 3.97. The number of hydrogen-bond acceptors (Lipinski definition) is 2. The molecule has 15 heavy (non-hydrogen) atoms. The molecule has 0 saturated heterocycles. The summed E-state index contributed by atoms with van der Waals surface area (Å²) in [5.74, 6) is 0. The van der Waals surface area contributed by atoms with Crippen LogP contribution in [0.1, 0.15) is 55.7 Å². The van der Waals surface area contributed by atoms with E-state index in [1.165, 1.54) is 36.2 Å². The summed E-state index contributed by atoms with van der Waals surface area (Å²) < 4.78 is 2.20. The van der Waals surface area contributed by atoms with E-state index in [2.05, 4.69) is 35.9 Å². The van der Waals surface area contributed by atoms with Gasteiger partial charge in [0, 0.05) is 23.3 Å². The van der Waals surface area contributed by atoms with Gasteiger partial charge in [0.25, 0.3) is 0 Å². The molecule has 0 amide bonds. The van der Waals surface area contributed by atoms with Crippen molar-refractivity contribution in [2.45, 2.75) is 52.1 Å². The molecule has 2 rings (SSSR count). The summed E-state index contributed by atoms with van der Waals surface area (Å²) in [5.41, 5.74) is 4.11. The maximum atomic E-state index is 4.67. The van der Waals surface area contributed by atoms with Gasteiger partial charge in [0.1, 0.15) is 0 Å². The molecule has 0 aromatic carbocycles. The third kappa shape index (κ3) is 1.69. The first-order chi connectivity index (χ1) is 7.15. The van der Waals surface area contributed by atoms with Crippen molar-refractivity contribution in [2.75, 3.05) is 7.05 Å². The first-order valence-electron chi connectivity index (χ1n) is 5.90. The zero-order chi connectivity index (χ0) is 11.0. The van der Waals surface area contributed by atoms with Crippen LogP contribution in [0.5, 0.6) is 0 Å². The number of nitrogens with one attached hydrogen (secondary N) is 1. The number of aryl methyl sites for hydroxylation is 1. The molecule has 1 heterocycles. The summed E-state index contributed by atoms with van der Waals surface area (Å²) in [6, 6.07) is 0.990. The molecule has 1 unspecified atom stereocenters. The highest BCUT2D eigenvalue weighted by Gasteiger charge is 2.26. The van der Waals surface area contributed by atoms with Gasteiger partial charge in [-0.15, -0.1) is 0 Å². The predicted octanol–water partition coefficient (Wildman–Crippen LogP) is 2.37. The molecule has 1 aromatic rings. The lowest BCUT2D eigenvalue weighted by molar-refractivity contribution is 0.455. The molecule has 1 aliphatic carbocycles. The molecule has 3 nitrogen and oxygen atoms in total. The minimum atomic E-state index is 0.475. The topological polar surface area (TPSA) is 29.9 Å². The van der Waals surface area contributed by atoms with E-state index in [-0.39, 0.29) is 0 Å². The van der Waals surface area contributed by atoms with Gasteiger partial charge < -0.3 is 5.32 Å². The Morgan fingerprint density at radius 2 is 2.20 bits per heavy atom. The quantitative estimate of drug-likeness (QED) is 0.807. The Kier molecular flexibility index (Phi) is 2.83. The van der Waals surface area contributed by atoms with Crippen LogP contribution >= 0.6 is 0 Å². The normalized spacial score (nSPS) is 20.7. The summed E-state index contributed by atoms with van der Waals surface area (Å²) in [6.07, 6.45) is 3.71. The predicted molar refractivity (Wildman–Crippen MR) is 62.1 cm³/mol. The average Bonchev–Trinajstić information content (AvgIpc) is 2.56. The maximum absolute atomic E-state index is 4.67. The molecule has 1 N–H and O–H groups in total. The second-order valence-electron chi connectivity index (χ2n) is 4.72. The lowest BCUT2D eigenvalue weighted by Gasteiger charge is -2.24. The van der Waals surface area contributed by atoms with E-state index in [0.717, 1.165) is 0 Å². The van der Waals surface area contributed by atoms with Gasteiger partial charge in [0.05, 0.1) is 5.69 Å². The third-order valence-corrected chi connectivity index (χ3v) is 3.33. The minimum Gasteiger partial charge on any atom is -0.313 e. The smallest absolute Gasteiger partial charge is 0.0644 e. The van der Waals surface area contributed by atoms with E-state index in [1.807, 2.05) is 7.05 Å². The van der Waals surface area contributed by atoms with Crippen LogP contribution in [0.3, 0.4) is 0 Å². The van der Waals surface area contributed by atoms with E-state index in [0.29, 0.717) is 12.1 Å². The first kappa shape index (κ1) is 10.7. The maximum Gasteiger partial charge on any atom is 0.0644 e. The molecule has 0 saturated carbocycles. The van der Waals surface area contributed by atoms with Crippen molar-refractivity contribution < 1.29 is 0 Å². The second-order valence-corrected chi connectivity index (χ2v) is 4.72. The highest BCUT2D eigenvalue weighted by Crippen LogP contribution is 2.33.